The molecule has 71 heavy (non-hydrogen) atoms. The first-order valence-electron chi connectivity index (χ1n) is 22.8. The van der Waals surface area contributed by atoms with Crippen molar-refractivity contribution in [3.8, 4) is 0 Å². The number of aliphatic hydroxyl groups is 2. The maximum Gasteiger partial charge on any atom is 0.274 e. The Hall–Kier alpha value is -3.74. The number of hydrogen-bond acceptors (Lipinski definition) is 22. The highest BCUT2D eigenvalue weighted by Gasteiger charge is 2.47. The number of aromatic nitrogens is 4. The van der Waals surface area contributed by atoms with Gasteiger partial charge in [-0.3, -0.25) is 28.1 Å². The monoisotopic (exact) mass is 1080 g/mol. The molecular formula is C43H64N7O17P3S-4. The van der Waals surface area contributed by atoms with Crippen LogP contribution in [-0.2, 0) is 50.7 Å². The number of thioether (sulfide) groups is 1. The molecule has 24 nitrogen and oxygen atoms in total. The number of amides is 2. The van der Waals surface area contributed by atoms with E-state index in [0.29, 0.717) is 5.75 Å². The standard InChI is InChI=1S/C43H68N7O17P3S/c1-4-5-6-7-8-9-10-11-12-13-14-15-16-17-18-19-20-21-22-23-34(52)71-27-26-45-33(51)24-25-46-41(55)38(54)43(2,3)29-64-70(61,62)67-69(59,60)63-28-32-37(66-68(56,57)58)36(53)42(65-32)50-31-49-35-39(44)47-30-48-40(35)50/h8-9,11-12,14-15,17-18,22-23,30-32,36-38,42,53-54H,4-7,10,13,16,19-21,24-29H2,1-3H3,(H,45,51)(H,46,55)(H,59,60)(H,61,62)(H2,44,47,48)(H2,56,57,58)/p-4/b9-8-,12-11-,15-14-,18-17-,23-22+/t32-,36-,37-,38+,42-/m1/s1. The summed E-state index contributed by atoms with van der Waals surface area (Å²) in [7, 11) is -17.6. The van der Waals surface area contributed by atoms with Gasteiger partial charge >= 0.3 is 0 Å². The number of phosphoric acid groups is 3. The zero-order valence-electron chi connectivity index (χ0n) is 39.8. The third-order valence-electron chi connectivity index (χ3n) is 10.2. The highest BCUT2D eigenvalue weighted by molar-refractivity contribution is 8.14. The van der Waals surface area contributed by atoms with E-state index < -0.39 is 84.6 Å². The third kappa shape index (κ3) is 23.8. The summed E-state index contributed by atoms with van der Waals surface area (Å²) in [5, 5.41) is 26.2. The smallest absolute Gasteiger partial charge is 0.274 e. The number of carbonyl (C=O) groups excluding carboxylic acids is 3. The number of phosphoric ester groups is 3. The Morgan fingerprint density at radius 3 is 2.15 bits per heavy atom. The highest BCUT2D eigenvalue weighted by Crippen LogP contribution is 2.56. The molecule has 0 aliphatic carbocycles. The summed E-state index contributed by atoms with van der Waals surface area (Å²) in [4.78, 5) is 96.8. The number of anilines is 1. The second kappa shape index (κ2) is 31.1. The van der Waals surface area contributed by atoms with Crippen LogP contribution in [0.25, 0.3) is 11.2 Å². The second-order valence-corrected chi connectivity index (χ2v) is 21.7. The van der Waals surface area contributed by atoms with Crippen molar-refractivity contribution in [2.75, 3.05) is 37.8 Å². The van der Waals surface area contributed by atoms with Crippen LogP contribution in [-0.4, -0.2) is 103 Å². The number of ether oxygens (including phenoxy) is 1. The Labute approximate surface area is 417 Å². The maximum atomic E-state index is 12.6. The molecule has 7 atom stereocenters. The first-order chi connectivity index (χ1) is 33.6. The second-order valence-electron chi connectivity index (χ2n) is 16.6. The number of hydrogen-bond donors (Lipinski definition) is 5. The number of nitrogen functional groups attached to an aromatic ring is 1. The minimum absolute atomic E-state index is 0.0224. The van der Waals surface area contributed by atoms with Crippen molar-refractivity contribution in [3.05, 3.63) is 73.4 Å². The van der Waals surface area contributed by atoms with Gasteiger partial charge in [-0.05, 0) is 57.4 Å². The number of unbranched alkanes of at least 4 members (excludes halogenated alkanes) is 5. The van der Waals surface area contributed by atoms with Crippen molar-refractivity contribution >= 4 is 69.1 Å². The van der Waals surface area contributed by atoms with E-state index >= 15 is 0 Å². The lowest BCUT2D eigenvalue weighted by Gasteiger charge is -2.36. The van der Waals surface area contributed by atoms with Crippen molar-refractivity contribution in [2.45, 2.75) is 122 Å². The van der Waals surface area contributed by atoms with Gasteiger partial charge in [-0.2, -0.15) is 0 Å². The third-order valence-corrected chi connectivity index (χ3v) is 14.0. The Kier molecular flexibility index (Phi) is 27.0. The van der Waals surface area contributed by atoms with E-state index in [2.05, 4.69) is 99.0 Å². The van der Waals surface area contributed by atoms with Crippen LogP contribution in [0.15, 0.2) is 73.4 Å². The molecule has 2 aromatic heterocycles. The van der Waals surface area contributed by atoms with Gasteiger partial charge in [0, 0.05) is 30.7 Å². The quantitative estimate of drug-likeness (QED) is 0.0291. The normalized spacial score (nSPS) is 20.2. The van der Waals surface area contributed by atoms with E-state index in [9.17, 15) is 57.9 Å². The number of aliphatic hydroxyl groups excluding tert-OH is 2. The van der Waals surface area contributed by atoms with Crippen LogP contribution in [0.2, 0.25) is 0 Å². The summed E-state index contributed by atoms with van der Waals surface area (Å²) >= 11 is 1.03. The predicted molar refractivity (Wildman–Crippen MR) is 256 cm³/mol. The van der Waals surface area contributed by atoms with E-state index in [1.54, 1.807) is 0 Å². The van der Waals surface area contributed by atoms with Crippen molar-refractivity contribution in [3.63, 3.8) is 0 Å². The van der Waals surface area contributed by atoms with Crippen LogP contribution in [0.4, 0.5) is 5.82 Å². The summed E-state index contributed by atoms with van der Waals surface area (Å²) in [6.45, 7) is 2.27. The van der Waals surface area contributed by atoms with Crippen molar-refractivity contribution in [1.82, 2.24) is 30.2 Å². The zero-order chi connectivity index (χ0) is 52.5. The number of rotatable bonds is 34. The summed E-state index contributed by atoms with van der Waals surface area (Å²) < 4.78 is 60.8. The minimum Gasteiger partial charge on any atom is -0.790 e. The minimum atomic E-state index is -5.93. The van der Waals surface area contributed by atoms with E-state index in [0.717, 1.165) is 73.9 Å². The van der Waals surface area contributed by atoms with Gasteiger partial charge in [0.15, 0.2) is 17.7 Å². The molecule has 1 aliphatic rings. The molecule has 0 radical (unpaired) electrons. The lowest BCUT2D eigenvalue weighted by molar-refractivity contribution is -0.347. The first-order valence-corrected chi connectivity index (χ1v) is 28.2. The van der Waals surface area contributed by atoms with Gasteiger partial charge in [-0.1, -0.05) is 100 Å². The first kappa shape index (κ1) is 61.6. The highest BCUT2D eigenvalue weighted by atomic mass is 32.2. The van der Waals surface area contributed by atoms with Crippen LogP contribution in [0, 0.1) is 5.41 Å². The molecule has 0 spiro atoms. The summed E-state index contributed by atoms with van der Waals surface area (Å²) in [6.07, 6.45) is 23.3. The van der Waals surface area contributed by atoms with E-state index in [1.807, 2.05) is 6.08 Å². The lowest BCUT2D eigenvalue weighted by atomic mass is 9.87. The molecule has 2 unspecified atom stereocenters. The Morgan fingerprint density at radius 2 is 1.51 bits per heavy atom. The fourth-order valence-corrected chi connectivity index (χ4v) is 9.73. The van der Waals surface area contributed by atoms with Gasteiger partial charge in [0.1, 0.15) is 36.3 Å². The molecule has 2 amide bonds. The summed E-state index contributed by atoms with van der Waals surface area (Å²) in [5.74, 6) is -1.25. The molecule has 398 valence electrons. The predicted octanol–water partition coefficient (Wildman–Crippen LogP) is 2.84. The molecule has 6 N–H and O–H groups in total. The largest absolute Gasteiger partial charge is 0.790 e. The average molecular weight is 1080 g/mol. The van der Waals surface area contributed by atoms with Gasteiger partial charge in [0.05, 0.1) is 27.4 Å². The Balaban J connectivity index is 1.29. The van der Waals surface area contributed by atoms with Crippen molar-refractivity contribution in [2.24, 2.45) is 5.41 Å². The van der Waals surface area contributed by atoms with Crippen LogP contribution in [0.5, 0.6) is 0 Å². The van der Waals surface area contributed by atoms with E-state index in [1.165, 1.54) is 39.2 Å². The van der Waals surface area contributed by atoms with Crippen LogP contribution >= 0.6 is 35.2 Å². The average Bonchev–Trinajstić information content (AvgIpc) is 3.86. The SMILES string of the molecule is CCCCC/C=C\C/C=C\C/C=C\C/C=C\CCC/C=C/C(=O)SCCNC(=O)CCNC(=O)[C@H](O)C(C)(C)COP(=O)([O-])OP(=O)([O-])OC[C@H]1O[C@@H](n2cnc3c(N)ncnc32)[C@H](O)[C@@H]1OP(=O)([O-])[O-]. The zero-order valence-corrected chi connectivity index (χ0v) is 43.3. The fourth-order valence-electron chi connectivity index (χ4n) is 6.40. The molecule has 0 bridgehead atoms. The van der Waals surface area contributed by atoms with E-state index in [4.69, 9.17) is 10.5 Å². The van der Waals surface area contributed by atoms with Crippen LogP contribution in [0.1, 0.15) is 97.6 Å². The van der Waals surface area contributed by atoms with E-state index in [-0.39, 0.29) is 41.6 Å². The Bertz CT molecular complexity index is 2310. The van der Waals surface area contributed by atoms with Gasteiger partial charge in [0.2, 0.25) is 16.9 Å². The van der Waals surface area contributed by atoms with Gasteiger partial charge in [-0.15, -0.1) is 0 Å². The van der Waals surface area contributed by atoms with Crippen LogP contribution in [0.3, 0.4) is 0 Å². The van der Waals surface area contributed by atoms with Crippen molar-refractivity contribution in [1.29, 1.82) is 0 Å². The van der Waals surface area contributed by atoms with Crippen LogP contribution < -0.4 is 35.9 Å². The molecule has 1 fully saturated rings. The molecule has 1 aliphatic heterocycles. The molecule has 0 aromatic carbocycles. The number of fused-ring (bicyclic) bond motifs is 1. The van der Waals surface area contributed by atoms with Crippen molar-refractivity contribution < 1.29 is 80.5 Å². The topological polar surface area (TPSA) is 375 Å². The summed E-state index contributed by atoms with van der Waals surface area (Å²) in [5.41, 5.74) is 4.07. The van der Waals surface area contributed by atoms with Gasteiger partial charge < -0.3 is 69.0 Å². The number of nitrogens with zero attached hydrogens (tertiary/aromatic N) is 4. The molecule has 2 aromatic rings. The number of nitrogens with two attached hydrogens (primary N) is 1. The number of allylic oxidation sites excluding steroid dienone is 9. The molecule has 3 rings (SSSR count). The fraction of sp³-hybridized carbons (Fsp3) is 0.581. The van der Waals surface area contributed by atoms with Gasteiger partial charge in [0.25, 0.3) is 15.6 Å². The summed E-state index contributed by atoms with van der Waals surface area (Å²) in [6, 6.07) is 0. The molecule has 1 saturated heterocycles. The lowest BCUT2D eigenvalue weighted by Crippen LogP contribution is -2.46. The number of carbonyl (C=O) groups is 3. The maximum absolute atomic E-state index is 12.6. The molecule has 28 heteroatoms. The van der Waals surface area contributed by atoms with Gasteiger partial charge in [-0.25, -0.2) is 19.3 Å². The Morgan fingerprint density at radius 1 is 0.887 bits per heavy atom. The number of imidazole rings is 1. The number of nitrogens with one attached hydrogen (secondary N) is 2. The molecular weight excluding hydrogens is 1010 g/mol. The molecule has 3 heterocycles. The molecule has 0 saturated carbocycles.